The van der Waals surface area contributed by atoms with Crippen molar-refractivity contribution in [2.75, 3.05) is 23.8 Å². The molecule has 5 nitrogen and oxygen atoms in total. The van der Waals surface area contributed by atoms with E-state index in [1.165, 1.54) is 0 Å². The maximum absolute atomic E-state index is 9.04. The van der Waals surface area contributed by atoms with E-state index in [0.29, 0.717) is 12.0 Å². The molecule has 20 heavy (non-hydrogen) atoms. The zero-order valence-electron chi connectivity index (χ0n) is 11.5. The maximum atomic E-state index is 9.04. The van der Waals surface area contributed by atoms with Gasteiger partial charge in [0.05, 0.1) is 5.52 Å². The van der Waals surface area contributed by atoms with Crippen molar-refractivity contribution in [3.63, 3.8) is 0 Å². The number of para-hydroxylation sites is 1. The summed E-state index contributed by atoms with van der Waals surface area (Å²) in [4.78, 5) is 11.1. The number of aliphatic hydroxyl groups excluding tert-OH is 1. The third-order valence-corrected chi connectivity index (χ3v) is 3.95. The Labute approximate surface area is 118 Å². The highest BCUT2D eigenvalue weighted by atomic mass is 16.2. The van der Waals surface area contributed by atoms with E-state index >= 15 is 0 Å². The minimum atomic E-state index is 0.247. The molecule has 1 unspecified atom stereocenters. The van der Waals surface area contributed by atoms with Crippen LogP contribution in [0.2, 0.25) is 0 Å². The summed E-state index contributed by atoms with van der Waals surface area (Å²) < 4.78 is 0. The number of hydrogen-bond donors (Lipinski definition) is 2. The third kappa shape index (κ3) is 2.41. The largest absolute Gasteiger partial charge is 0.396 e. The summed E-state index contributed by atoms with van der Waals surface area (Å²) in [5, 5.41) is 10.1. The Morgan fingerprint density at radius 2 is 2.15 bits per heavy atom. The molecule has 1 aliphatic heterocycles. The van der Waals surface area contributed by atoms with Crippen LogP contribution in [0.15, 0.2) is 24.3 Å². The first-order valence-electron chi connectivity index (χ1n) is 7.19. The molecule has 5 heteroatoms. The number of aromatic nitrogens is 2. The van der Waals surface area contributed by atoms with Gasteiger partial charge < -0.3 is 15.7 Å². The van der Waals surface area contributed by atoms with Crippen molar-refractivity contribution in [3.05, 3.63) is 24.3 Å². The fraction of sp³-hybridized carbons (Fsp3) is 0.467. The van der Waals surface area contributed by atoms with Crippen LogP contribution in [0.4, 0.5) is 11.8 Å². The Kier molecular flexibility index (Phi) is 3.69. The van der Waals surface area contributed by atoms with E-state index < -0.39 is 0 Å². The number of rotatable bonds is 4. The van der Waals surface area contributed by atoms with Crippen LogP contribution >= 0.6 is 0 Å². The molecular weight excluding hydrogens is 252 g/mol. The van der Waals surface area contributed by atoms with Crippen LogP contribution in [0, 0.1) is 0 Å². The standard InChI is InChI=1S/C15H20N4O/c16-15-17-13-8-2-1-7-12(13)14(18-15)19-9-3-5-11(19)6-4-10-20/h1-2,7-8,11,20H,3-6,9-10H2,(H2,16,17,18). The third-order valence-electron chi connectivity index (χ3n) is 3.95. The van der Waals surface area contributed by atoms with Crippen molar-refractivity contribution in [3.8, 4) is 0 Å². The predicted molar refractivity (Wildman–Crippen MR) is 80.6 cm³/mol. The summed E-state index contributed by atoms with van der Waals surface area (Å²) in [6.45, 7) is 1.24. The Hall–Kier alpha value is -1.88. The predicted octanol–water partition coefficient (Wildman–Crippen LogP) is 1.95. The van der Waals surface area contributed by atoms with Crippen LogP contribution in [0.5, 0.6) is 0 Å². The lowest BCUT2D eigenvalue weighted by atomic mass is 10.1. The van der Waals surface area contributed by atoms with Gasteiger partial charge in [-0.25, -0.2) is 4.98 Å². The van der Waals surface area contributed by atoms with Gasteiger partial charge >= 0.3 is 0 Å². The molecule has 106 valence electrons. The van der Waals surface area contributed by atoms with E-state index in [2.05, 4.69) is 14.9 Å². The number of fused-ring (bicyclic) bond motifs is 1. The maximum Gasteiger partial charge on any atom is 0.222 e. The molecular formula is C15H20N4O. The van der Waals surface area contributed by atoms with Gasteiger partial charge in [0.15, 0.2) is 0 Å². The topological polar surface area (TPSA) is 75.3 Å². The summed E-state index contributed by atoms with van der Waals surface area (Å²) in [6.07, 6.45) is 4.14. The first kappa shape index (κ1) is 13.1. The minimum absolute atomic E-state index is 0.247. The second-order valence-corrected chi connectivity index (χ2v) is 5.28. The highest BCUT2D eigenvalue weighted by molar-refractivity contribution is 5.90. The summed E-state index contributed by atoms with van der Waals surface area (Å²) in [6, 6.07) is 8.43. The second kappa shape index (κ2) is 5.63. The SMILES string of the molecule is Nc1nc(N2CCCC2CCCO)c2ccccc2n1. The van der Waals surface area contributed by atoms with Crippen LogP contribution in [0.3, 0.4) is 0 Å². The number of hydrogen-bond acceptors (Lipinski definition) is 5. The van der Waals surface area contributed by atoms with Gasteiger partial charge in [-0.3, -0.25) is 0 Å². The van der Waals surface area contributed by atoms with Crippen molar-refractivity contribution in [2.24, 2.45) is 0 Å². The average molecular weight is 272 g/mol. The molecule has 2 aromatic rings. The first-order valence-corrected chi connectivity index (χ1v) is 7.19. The summed E-state index contributed by atoms with van der Waals surface area (Å²) in [5.41, 5.74) is 6.74. The van der Waals surface area contributed by atoms with Crippen LogP contribution in [-0.4, -0.2) is 34.3 Å². The highest BCUT2D eigenvalue weighted by Gasteiger charge is 2.26. The van der Waals surface area contributed by atoms with Crippen molar-refractivity contribution in [1.82, 2.24) is 9.97 Å². The molecule has 1 aliphatic rings. The van der Waals surface area contributed by atoms with E-state index in [-0.39, 0.29) is 6.61 Å². The molecule has 1 aromatic heterocycles. The van der Waals surface area contributed by atoms with Gasteiger partial charge in [0.1, 0.15) is 5.82 Å². The normalized spacial score (nSPS) is 18.9. The van der Waals surface area contributed by atoms with Crippen molar-refractivity contribution >= 4 is 22.7 Å². The lowest BCUT2D eigenvalue weighted by Crippen LogP contribution is -2.30. The lowest BCUT2D eigenvalue weighted by molar-refractivity contribution is 0.279. The number of benzene rings is 1. The zero-order chi connectivity index (χ0) is 13.9. The quantitative estimate of drug-likeness (QED) is 0.889. The smallest absolute Gasteiger partial charge is 0.222 e. The van der Waals surface area contributed by atoms with Crippen molar-refractivity contribution in [1.29, 1.82) is 0 Å². The van der Waals surface area contributed by atoms with Crippen LogP contribution < -0.4 is 10.6 Å². The molecule has 3 N–H and O–H groups in total. The minimum Gasteiger partial charge on any atom is -0.396 e. The molecule has 0 amide bonds. The van der Waals surface area contributed by atoms with Crippen molar-refractivity contribution < 1.29 is 5.11 Å². The van der Waals surface area contributed by atoms with Gasteiger partial charge in [-0.2, -0.15) is 4.98 Å². The van der Waals surface area contributed by atoms with Gasteiger partial charge in [-0.1, -0.05) is 12.1 Å². The van der Waals surface area contributed by atoms with Gasteiger partial charge in [-0.15, -0.1) is 0 Å². The molecule has 0 aliphatic carbocycles. The van der Waals surface area contributed by atoms with Crippen LogP contribution in [0.25, 0.3) is 10.9 Å². The molecule has 0 spiro atoms. The first-order chi connectivity index (χ1) is 9.79. The second-order valence-electron chi connectivity index (χ2n) is 5.28. The molecule has 1 atom stereocenters. The van der Waals surface area contributed by atoms with E-state index in [4.69, 9.17) is 10.8 Å². The molecule has 0 bridgehead atoms. The molecule has 1 aromatic carbocycles. The highest BCUT2D eigenvalue weighted by Crippen LogP contribution is 2.32. The van der Waals surface area contributed by atoms with E-state index in [1.54, 1.807) is 0 Å². The van der Waals surface area contributed by atoms with E-state index in [1.807, 2.05) is 24.3 Å². The summed E-state index contributed by atoms with van der Waals surface area (Å²) >= 11 is 0. The molecule has 0 radical (unpaired) electrons. The molecule has 1 fully saturated rings. The molecule has 2 heterocycles. The zero-order valence-corrected chi connectivity index (χ0v) is 11.5. The Bertz CT molecular complexity index is 601. The number of anilines is 2. The lowest BCUT2D eigenvalue weighted by Gasteiger charge is -2.26. The Balaban J connectivity index is 2.00. The van der Waals surface area contributed by atoms with Crippen molar-refractivity contribution in [2.45, 2.75) is 31.7 Å². The van der Waals surface area contributed by atoms with Crippen LogP contribution in [0.1, 0.15) is 25.7 Å². The van der Waals surface area contributed by atoms with Gasteiger partial charge in [-0.05, 0) is 37.8 Å². The van der Waals surface area contributed by atoms with E-state index in [9.17, 15) is 0 Å². The van der Waals surface area contributed by atoms with Gasteiger partial charge in [0.2, 0.25) is 5.95 Å². The average Bonchev–Trinajstić information content (AvgIpc) is 2.92. The Morgan fingerprint density at radius 3 is 3.00 bits per heavy atom. The number of nitrogen functional groups attached to an aromatic ring is 1. The van der Waals surface area contributed by atoms with Gasteiger partial charge in [0.25, 0.3) is 0 Å². The monoisotopic (exact) mass is 272 g/mol. The molecule has 1 saturated heterocycles. The van der Waals surface area contributed by atoms with Gasteiger partial charge in [0, 0.05) is 24.6 Å². The number of nitrogens with zero attached hydrogens (tertiary/aromatic N) is 3. The molecule has 0 saturated carbocycles. The molecule has 3 rings (SSSR count). The summed E-state index contributed by atoms with van der Waals surface area (Å²) in [5.74, 6) is 1.26. The Morgan fingerprint density at radius 1 is 1.30 bits per heavy atom. The summed E-state index contributed by atoms with van der Waals surface area (Å²) in [7, 11) is 0. The number of aliphatic hydroxyl groups is 1. The number of nitrogens with two attached hydrogens (primary N) is 1. The fourth-order valence-electron chi connectivity index (χ4n) is 3.04. The van der Waals surface area contributed by atoms with E-state index in [0.717, 1.165) is 48.9 Å². The fourth-order valence-corrected chi connectivity index (χ4v) is 3.04. The van der Waals surface area contributed by atoms with Crippen LogP contribution in [-0.2, 0) is 0 Å².